The summed E-state index contributed by atoms with van der Waals surface area (Å²) in [5.41, 5.74) is 1.90. The van der Waals surface area contributed by atoms with Crippen LogP contribution < -0.4 is 15.4 Å². The van der Waals surface area contributed by atoms with Crippen molar-refractivity contribution in [3.63, 3.8) is 0 Å². The van der Waals surface area contributed by atoms with Gasteiger partial charge in [-0.05, 0) is 62.0 Å². The maximum absolute atomic E-state index is 12.7. The van der Waals surface area contributed by atoms with Crippen LogP contribution in [-0.4, -0.2) is 48.2 Å². The third kappa shape index (κ3) is 3.90. The van der Waals surface area contributed by atoms with E-state index in [0.29, 0.717) is 23.4 Å². The highest BCUT2D eigenvalue weighted by Gasteiger charge is 2.42. The minimum atomic E-state index is -0.172. The molecule has 2 aromatic rings. The first-order valence-electron chi connectivity index (χ1n) is 9.58. The Morgan fingerprint density at radius 1 is 1.22 bits per heavy atom. The zero-order valence-corrected chi connectivity index (χ0v) is 15.6. The van der Waals surface area contributed by atoms with Gasteiger partial charge in [-0.15, -0.1) is 0 Å². The number of hydrogen-bond acceptors (Lipinski definition) is 4. The molecule has 0 spiro atoms. The smallest absolute Gasteiger partial charge is 0.319 e. The molecule has 5 rings (SSSR count). The summed E-state index contributed by atoms with van der Waals surface area (Å²) in [5, 5.41) is 6.20. The first-order valence-corrected chi connectivity index (χ1v) is 9.58. The number of carbonyl (C=O) groups is 1. The monoisotopic (exact) mass is 366 g/mol. The molecular formula is C21H26N4O2. The van der Waals surface area contributed by atoms with Crippen molar-refractivity contribution in [1.29, 1.82) is 0 Å². The van der Waals surface area contributed by atoms with Gasteiger partial charge in [-0.25, -0.2) is 4.79 Å². The molecule has 2 bridgehead atoms. The number of anilines is 1. The van der Waals surface area contributed by atoms with Crippen molar-refractivity contribution in [2.75, 3.05) is 25.5 Å². The predicted molar refractivity (Wildman–Crippen MR) is 105 cm³/mol. The van der Waals surface area contributed by atoms with Crippen molar-refractivity contribution < 1.29 is 9.53 Å². The van der Waals surface area contributed by atoms with Crippen LogP contribution in [0.15, 0.2) is 48.8 Å². The molecule has 1 aromatic heterocycles. The van der Waals surface area contributed by atoms with Crippen LogP contribution in [-0.2, 0) is 6.42 Å². The summed E-state index contributed by atoms with van der Waals surface area (Å²) in [6, 6.07) is 11.8. The summed E-state index contributed by atoms with van der Waals surface area (Å²) in [6.07, 6.45) is 6.92. The Morgan fingerprint density at radius 2 is 2.04 bits per heavy atom. The molecule has 3 saturated heterocycles. The van der Waals surface area contributed by atoms with E-state index in [4.69, 9.17) is 4.74 Å². The van der Waals surface area contributed by atoms with Gasteiger partial charge in [0.1, 0.15) is 5.75 Å². The number of urea groups is 1. The molecule has 142 valence electrons. The average molecular weight is 366 g/mol. The number of hydrogen-bond donors (Lipinski definition) is 2. The fourth-order valence-corrected chi connectivity index (χ4v) is 4.44. The van der Waals surface area contributed by atoms with Crippen LogP contribution in [0.3, 0.4) is 0 Å². The lowest BCUT2D eigenvalue weighted by atomic mass is 9.77. The standard InChI is InChI=1S/C21H26N4O2/c1-27-19-7-3-2-6-17(19)23-21(26)24-20-16-8-11-25(12-9-16)18(20)13-15-5-4-10-22-14-15/h2-7,10,14,16,18,20H,8-9,11-13H2,1H3,(H2,23,24,26)/t18-,20-/m0/s1. The van der Waals surface area contributed by atoms with Crippen LogP contribution >= 0.6 is 0 Å². The van der Waals surface area contributed by atoms with Gasteiger partial charge in [-0.3, -0.25) is 9.88 Å². The molecule has 4 heterocycles. The summed E-state index contributed by atoms with van der Waals surface area (Å²) in [4.78, 5) is 19.5. The van der Waals surface area contributed by atoms with Gasteiger partial charge in [0, 0.05) is 24.5 Å². The van der Waals surface area contributed by atoms with Crippen molar-refractivity contribution in [3.8, 4) is 5.75 Å². The third-order valence-electron chi connectivity index (χ3n) is 5.79. The van der Waals surface area contributed by atoms with E-state index in [0.717, 1.165) is 32.4 Å². The molecule has 0 saturated carbocycles. The second-order valence-corrected chi connectivity index (χ2v) is 7.33. The Balaban J connectivity index is 1.47. The molecule has 6 heteroatoms. The zero-order valence-electron chi connectivity index (χ0n) is 15.6. The first kappa shape index (κ1) is 17.8. The van der Waals surface area contributed by atoms with Gasteiger partial charge in [0.2, 0.25) is 0 Å². The van der Waals surface area contributed by atoms with E-state index < -0.39 is 0 Å². The maximum Gasteiger partial charge on any atom is 0.319 e. The lowest BCUT2D eigenvalue weighted by molar-refractivity contribution is 0.0184. The minimum absolute atomic E-state index is 0.141. The second-order valence-electron chi connectivity index (χ2n) is 7.33. The largest absolute Gasteiger partial charge is 0.495 e. The van der Waals surface area contributed by atoms with Crippen molar-refractivity contribution in [2.24, 2.45) is 5.92 Å². The Bertz CT molecular complexity index is 775. The van der Waals surface area contributed by atoms with Crippen LogP contribution in [0.4, 0.5) is 10.5 Å². The van der Waals surface area contributed by atoms with Gasteiger partial charge in [0.05, 0.1) is 12.8 Å². The van der Waals surface area contributed by atoms with Crippen molar-refractivity contribution in [1.82, 2.24) is 15.2 Å². The molecule has 2 N–H and O–H groups in total. The molecule has 6 nitrogen and oxygen atoms in total. The van der Waals surface area contributed by atoms with E-state index >= 15 is 0 Å². The number of nitrogens with one attached hydrogen (secondary N) is 2. The molecule has 2 amide bonds. The van der Waals surface area contributed by atoms with E-state index in [2.05, 4.69) is 26.6 Å². The molecule has 27 heavy (non-hydrogen) atoms. The second kappa shape index (κ2) is 7.96. The third-order valence-corrected chi connectivity index (χ3v) is 5.79. The van der Waals surface area contributed by atoms with Crippen LogP contribution in [0.2, 0.25) is 0 Å². The van der Waals surface area contributed by atoms with Crippen molar-refractivity contribution in [3.05, 3.63) is 54.4 Å². The van der Waals surface area contributed by atoms with Gasteiger partial charge in [0.25, 0.3) is 0 Å². The first-order chi connectivity index (χ1) is 13.2. The van der Waals surface area contributed by atoms with Crippen molar-refractivity contribution in [2.45, 2.75) is 31.3 Å². The van der Waals surface area contributed by atoms with E-state index in [1.54, 1.807) is 13.3 Å². The number of amides is 2. The highest BCUT2D eigenvalue weighted by atomic mass is 16.5. The molecule has 3 aliphatic rings. The molecule has 1 aromatic carbocycles. The van der Waals surface area contributed by atoms with Crippen LogP contribution in [0, 0.1) is 5.92 Å². The molecular weight excluding hydrogens is 340 g/mol. The van der Waals surface area contributed by atoms with Gasteiger partial charge >= 0.3 is 6.03 Å². The molecule has 2 atom stereocenters. The summed E-state index contributed by atoms with van der Waals surface area (Å²) in [7, 11) is 1.61. The van der Waals surface area contributed by atoms with E-state index in [1.165, 1.54) is 5.56 Å². The minimum Gasteiger partial charge on any atom is -0.495 e. The maximum atomic E-state index is 12.7. The molecule has 0 aliphatic carbocycles. The van der Waals surface area contributed by atoms with Crippen LogP contribution in [0.1, 0.15) is 18.4 Å². The number of rotatable bonds is 5. The number of para-hydroxylation sites is 2. The van der Waals surface area contributed by atoms with Gasteiger partial charge in [-0.1, -0.05) is 18.2 Å². The summed E-state index contributed by atoms with van der Waals surface area (Å²) >= 11 is 0. The number of carbonyl (C=O) groups excluding carboxylic acids is 1. The van der Waals surface area contributed by atoms with Crippen molar-refractivity contribution >= 4 is 11.7 Å². The number of aromatic nitrogens is 1. The number of piperidine rings is 3. The normalized spacial score (nSPS) is 26.4. The van der Waals surface area contributed by atoms with Crippen LogP contribution in [0.25, 0.3) is 0 Å². The number of ether oxygens (including phenoxy) is 1. The number of pyridine rings is 1. The lowest BCUT2D eigenvalue weighted by Crippen LogP contribution is -2.64. The fourth-order valence-electron chi connectivity index (χ4n) is 4.44. The van der Waals surface area contributed by atoms with Gasteiger partial charge in [0.15, 0.2) is 0 Å². The molecule has 0 radical (unpaired) electrons. The van der Waals surface area contributed by atoms with Crippen LogP contribution in [0.5, 0.6) is 5.75 Å². The van der Waals surface area contributed by atoms with E-state index in [-0.39, 0.29) is 12.1 Å². The predicted octanol–water partition coefficient (Wildman–Crippen LogP) is 2.92. The number of methoxy groups -OCH3 is 1. The number of nitrogens with zero attached hydrogens (tertiary/aromatic N) is 2. The van der Waals surface area contributed by atoms with E-state index in [9.17, 15) is 4.79 Å². The highest BCUT2D eigenvalue weighted by Crippen LogP contribution is 2.34. The lowest BCUT2D eigenvalue weighted by Gasteiger charge is -2.51. The quantitative estimate of drug-likeness (QED) is 0.854. The topological polar surface area (TPSA) is 66.5 Å². The van der Waals surface area contributed by atoms with E-state index in [1.807, 2.05) is 36.5 Å². The Morgan fingerprint density at radius 3 is 2.78 bits per heavy atom. The van der Waals surface area contributed by atoms with Gasteiger partial charge < -0.3 is 15.4 Å². The average Bonchev–Trinajstić information content (AvgIpc) is 2.71. The summed E-state index contributed by atoms with van der Waals surface area (Å²) in [6.45, 7) is 2.23. The summed E-state index contributed by atoms with van der Waals surface area (Å²) in [5.74, 6) is 1.19. The Labute approximate surface area is 159 Å². The Kier molecular flexibility index (Phi) is 5.25. The summed E-state index contributed by atoms with van der Waals surface area (Å²) < 4.78 is 5.33. The highest BCUT2D eigenvalue weighted by molar-refractivity contribution is 5.91. The Hall–Kier alpha value is -2.60. The molecule has 0 unspecified atom stereocenters. The number of fused-ring (bicyclic) bond motifs is 3. The number of benzene rings is 1. The SMILES string of the molecule is COc1ccccc1NC(=O)N[C@H]1C2CCN(CC2)[C@H]1Cc1cccnc1. The molecule has 3 aliphatic heterocycles. The van der Waals surface area contributed by atoms with Gasteiger partial charge in [-0.2, -0.15) is 0 Å². The molecule has 3 fully saturated rings. The fraction of sp³-hybridized carbons (Fsp3) is 0.429. The zero-order chi connectivity index (χ0) is 18.6.